The van der Waals surface area contributed by atoms with Crippen LogP contribution in [0.25, 0.3) is 16.3 Å². The minimum atomic E-state index is -0.423. The van der Waals surface area contributed by atoms with Gasteiger partial charge in [-0.25, -0.2) is 4.57 Å². The Morgan fingerprint density at radius 1 is 1.00 bits per heavy atom. The Balaban J connectivity index is 1.64. The van der Waals surface area contributed by atoms with Crippen molar-refractivity contribution in [1.82, 2.24) is 4.57 Å². The fourth-order valence-corrected chi connectivity index (χ4v) is 3.92. The maximum absolute atomic E-state index is 12.7. The monoisotopic (exact) mass is 407 g/mol. The third kappa shape index (κ3) is 3.76. The molecule has 0 unspecified atom stereocenters. The summed E-state index contributed by atoms with van der Waals surface area (Å²) in [5.41, 5.74) is 1.28. The molecular weight excluding hydrogens is 394 g/mol. The summed E-state index contributed by atoms with van der Waals surface area (Å²) in [7, 11) is 0. The number of allylic oxidation sites excluding steroid dienone is 1. The van der Waals surface area contributed by atoms with Gasteiger partial charge in [-0.2, -0.15) is 0 Å². The van der Waals surface area contributed by atoms with E-state index in [0.29, 0.717) is 26.7 Å². The van der Waals surface area contributed by atoms with Crippen molar-refractivity contribution in [3.8, 4) is 11.5 Å². The van der Waals surface area contributed by atoms with E-state index in [-0.39, 0.29) is 4.87 Å². The number of hydrogen-bond donors (Lipinski definition) is 0. The standard InChI is InChI=1S/C22H14ClNO3S/c23-16-11-12-18-20(14-16)28-22(26)24(18)21(25)13-10-15-6-4-5-9-19(15)27-17-7-2-1-3-8-17/h1-14H. The van der Waals surface area contributed by atoms with Gasteiger partial charge in [0, 0.05) is 16.7 Å². The summed E-state index contributed by atoms with van der Waals surface area (Å²) in [4.78, 5) is 24.6. The molecule has 3 aromatic carbocycles. The van der Waals surface area contributed by atoms with Gasteiger partial charge in [-0.15, -0.1) is 0 Å². The number of nitrogens with zero attached hydrogens (tertiary/aromatic N) is 1. The molecule has 28 heavy (non-hydrogen) atoms. The molecule has 0 saturated heterocycles. The predicted octanol–water partition coefficient (Wildman–Crippen LogP) is 5.86. The van der Waals surface area contributed by atoms with E-state index in [1.54, 1.807) is 24.3 Å². The van der Waals surface area contributed by atoms with Crippen molar-refractivity contribution < 1.29 is 9.53 Å². The number of ether oxygens (including phenoxy) is 1. The highest BCUT2D eigenvalue weighted by molar-refractivity contribution is 7.16. The van der Waals surface area contributed by atoms with Gasteiger partial charge in [0.15, 0.2) is 0 Å². The molecule has 1 heterocycles. The molecule has 6 heteroatoms. The molecule has 0 radical (unpaired) electrons. The number of fused-ring (bicyclic) bond motifs is 1. The van der Waals surface area contributed by atoms with Gasteiger partial charge in [0.25, 0.3) is 5.91 Å². The topological polar surface area (TPSA) is 48.3 Å². The van der Waals surface area contributed by atoms with Crippen molar-refractivity contribution in [3.63, 3.8) is 0 Å². The average molecular weight is 408 g/mol. The highest BCUT2D eigenvalue weighted by atomic mass is 35.5. The zero-order valence-electron chi connectivity index (χ0n) is 14.5. The normalized spacial score (nSPS) is 11.2. The van der Waals surface area contributed by atoms with Crippen molar-refractivity contribution in [3.05, 3.63) is 99.1 Å². The molecule has 4 rings (SSSR count). The van der Waals surface area contributed by atoms with Crippen LogP contribution in [-0.2, 0) is 0 Å². The fourth-order valence-electron chi connectivity index (χ4n) is 2.76. The number of para-hydroxylation sites is 2. The lowest BCUT2D eigenvalue weighted by atomic mass is 10.2. The first-order chi connectivity index (χ1) is 13.6. The Morgan fingerprint density at radius 3 is 2.57 bits per heavy atom. The van der Waals surface area contributed by atoms with Gasteiger partial charge in [0.05, 0.1) is 10.2 Å². The third-order valence-corrected chi connectivity index (χ3v) is 5.20. The molecule has 0 spiro atoms. The molecule has 4 nitrogen and oxygen atoms in total. The van der Waals surface area contributed by atoms with Crippen LogP contribution in [0.4, 0.5) is 0 Å². The van der Waals surface area contributed by atoms with E-state index in [1.807, 2.05) is 54.6 Å². The largest absolute Gasteiger partial charge is 0.457 e. The van der Waals surface area contributed by atoms with E-state index >= 15 is 0 Å². The second-order valence-electron chi connectivity index (χ2n) is 5.94. The van der Waals surface area contributed by atoms with Gasteiger partial charge < -0.3 is 4.74 Å². The maximum Gasteiger partial charge on any atom is 0.315 e. The molecule has 1 aromatic heterocycles. The van der Waals surface area contributed by atoms with Crippen molar-refractivity contribution in [2.75, 3.05) is 0 Å². The number of carbonyl (C=O) groups excluding carboxylic acids is 1. The van der Waals surface area contributed by atoms with Crippen molar-refractivity contribution in [2.45, 2.75) is 0 Å². The van der Waals surface area contributed by atoms with Crippen LogP contribution in [0.5, 0.6) is 11.5 Å². The Labute approximate surface area is 169 Å². The van der Waals surface area contributed by atoms with Gasteiger partial charge in [-0.1, -0.05) is 59.3 Å². The summed E-state index contributed by atoms with van der Waals surface area (Å²) in [5.74, 6) is 0.895. The zero-order chi connectivity index (χ0) is 19.5. The molecule has 0 aliphatic rings. The van der Waals surface area contributed by atoms with Crippen LogP contribution < -0.4 is 9.61 Å². The van der Waals surface area contributed by atoms with Crippen molar-refractivity contribution in [2.24, 2.45) is 0 Å². The second kappa shape index (κ2) is 7.84. The molecule has 0 fully saturated rings. The van der Waals surface area contributed by atoms with Crippen LogP contribution in [0, 0.1) is 0 Å². The van der Waals surface area contributed by atoms with Gasteiger partial charge in [0.2, 0.25) is 0 Å². The molecule has 0 amide bonds. The van der Waals surface area contributed by atoms with E-state index in [0.717, 1.165) is 21.5 Å². The molecule has 4 aromatic rings. The van der Waals surface area contributed by atoms with E-state index < -0.39 is 5.91 Å². The second-order valence-corrected chi connectivity index (χ2v) is 7.37. The first-order valence-electron chi connectivity index (χ1n) is 8.47. The van der Waals surface area contributed by atoms with Crippen LogP contribution in [0.1, 0.15) is 10.4 Å². The van der Waals surface area contributed by atoms with Gasteiger partial charge in [-0.3, -0.25) is 9.59 Å². The quantitative estimate of drug-likeness (QED) is 0.398. The molecule has 0 aliphatic heterocycles. The number of hydrogen-bond acceptors (Lipinski definition) is 4. The van der Waals surface area contributed by atoms with Crippen molar-refractivity contribution in [1.29, 1.82) is 0 Å². The molecule has 0 N–H and O–H groups in total. The molecule has 0 saturated carbocycles. The number of benzene rings is 3. The molecule has 138 valence electrons. The van der Waals surface area contributed by atoms with Crippen LogP contribution in [0.15, 0.2) is 83.7 Å². The SMILES string of the molecule is O=C(C=Cc1ccccc1Oc1ccccc1)n1c(=O)sc2cc(Cl)ccc21. The van der Waals surface area contributed by atoms with Crippen LogP contribution >= 0.6 is 22.9 Å². The van der Waals surface area contributed by atoms with Gasteiger partial charge in [0.1, 0.15) is 11.5 Å². The summed E-state index contributed by atoms with van der Waals surface area (Å²) >= 11 is 6.96. The minimum Gasteiger partial charge on any atom is -0.457 e. The Bertz CT molecular complexity index is 1240. The highest BCUT2D eigenvalue weighted by Gasteiger charge is 2.13. The maximum atomic E-state index is 12.7. The lowest BCUT2D eigenvalue weighted by Gasteiger charge is -2.08. The predicted molar refractivity (Wildman–Crippen MR) is 114 cm³/mol. The van der Waals surface area contributed by atoms with Crippen molar-refractivity contribution >= 4 is 45.1 Å². The number of aromatic nitrogens is 1. The Hall–Kier alpha value is -3.15. The van der Waals surface area contributed by atoms with E-state index in [4.69, 9.17) is 16.3 Å². The lowest BCUT2D eigenvalue weighted by Crippen LogP contribution is -2.19. The van der Waals surface area contributed by atoms with E-state index in [9.17, 15) is 9.59 Å². The average Bonchev–Trinajstić information content (AvgIpc) is 3.02. The fraction of sp³-hybridized carbons (Fsp3) is 0. The highest BCUT2D eigenvalue weighted by Crippen LogP contribution is 2.26. The molecule has 0 atom stereocenters. The Kier molecular flexibility index (Phi) is 5.10. The minimum absolute atomic E-state index is 0.347. The number of carbonyl (C=O) groups is 1. The summed E-state index contributed by atoms with van der Waals surface area (Å²) in [6.07, 6.45) is 3.02. The first-order valence-corrected chi connectivity index (χ1v) is 9.67. The zero-order valence-corrected chi connectivity index (χ0v) is 16.1. The summed E-state index contributed by atoms with van der Waals surface area (Å²) in [6.45, 7) is 0. The van der Waals surface area contributed by atoms with Gasteiger partial charge >= 0.3 is 4.87 Å². The van der Waals surface area contributed by atoms with Crippen LogP contribution in [-0.4, -0.2) is 10.5 Å². The number of halogens is 1. The molecule has 0 aliphatic carbocycles. The van der Waals surface area contributed by atoms with E-state index in [1.165, 1.54) is 6.08 Å². The van der Waals surface area contributed by atoms with Crippen LogP contribution in [0.3, 0.4) is 0 Å². The Morgan fingerprint density at radius 2 is 1.75 bits per heavy atom. The summed E-state index contributed by atoms with van der Waals surface area (Å²) in [5, 5.41) is 0.524. The molecule has 0 bridgehead atoms. The summed E-state index contributed by atoms with van der Waals surface area (Å²) in [6, 6.07) is 21.8. The third-order valence-electron chi connectivity index (χ3n) is 4.06. The van der Waals surface area contributed by atoms with Gasteiger partial charge in [-0.05, 0) is 42.5 Å². The number of thiazole rings is 1. The first kappa shape index (κ1) is 18.2. The lowest BCUT2D eigenvalue weighted by molar-refractivity contribution is 0.0972. The van der Waals surface area contributed by atoms with Crippen LogP contribution in [0.2, 0.25) is 5.02 Å². The molecular formula is C22H14ClNO3S. The number of rotatable bonds is 4. The van der Waals surface area contributed by atoms with E-state index in [2.05, 4.69) is 0 Å². The smallest absolute Gasteiger partial charge is 0.315 e. The summed E-state index contributed by atoms with van der Waals surface area (Å²) < 4.78 is 7.72.